The van der Waals surface area contributed by atoms with Crippen molar-refractivity contribution in [3.05, 3.63) is 34.9 Å². The molecular formula is C12H14Cl2N2. The summed E-state index contributed by atoms with van der Waals surface area (Å²) in [5, 5.41) is 1.79. The second-order valence-corrected chi connectivity index (χ2v) is 4.06. The number of aromatic nitrogens is 1. The third-order valence-corrected chi connectivity index (χ3v) is 2.65. The lowest BCUT2D eigenvalue weighted by atomic mass is 10.1. The van der Waals surface area contributed by atoms with Gasteiger partial charge in [-0.3, -0.25) is 0 Å². The molecule has 86 valence electrons. The van der Waals surface area contributed by atoms with Crippen molar-refractivity contribution >= 4 is 40.7 Å². The smallest absolute Gasteiger partial charge is 0.127 e. The van der Waals surface area contributed by atoms with Gasteiger partial charge in [-0.15, -0.1) is 12.4 Å². The van der Waals surface area contributed by atoms with Crippen LogP contribution in [0, 0.1) is 0 Å². The summed E-state index contributed by atoms with van der Waals surface area (Å²) in [6, 6.07) is 7.78. The third kappa shape index (κ3) is 2.57. The maximum absolute atomic E-state index is 5.89. The van der Waals surface area contributed by atoms with E-state index < -0.39 is 0 Å². The molecule has 16 heavy (non-hydrogen) atoms. The van der Waals surface area contributed by atoms with Gasteiger partial charge in [-0.25, -0.2) is 4.98 Å². The molecule has 0 aliphatic heterocycles. The van der Waals surface area contributed by atoms with Crippen molar-refractivity contribution in [1.82, 2.24) is 4.98 Å². The van der Waals surface area contributed by atoms with Crippen molar-refractivity contribution in [1.29, 1.82) is 0 Å². The first-order valence-electron chi connectivity index (χ1n) is 5.05. The van der Waals surface area contributed by atoms with E-state index in [0.29, 0.717) is 10.8 Å². The van der Waals surface area contributed by atoms with Crippen molar-refractivity contribution in [3.63, 3.8) is 0 Å². The van der Waals surface area contributed by atoms with E-state index in [9.17, 15) is 0 Å². The summed E-state index contributed by atoms with van der Waals surface area (Å²) in [5.74, 6) is 0.617. The maximum Gasteiger partial charge on any atom is 0.127 e. The fourth-order valence-electron chi connectivity index (χ4n) is 1.67. The van der Waals surface area contributed by atoms with Crippen LogP contribution in [0.4, 0.5) is 5.82 Å². The molecule has 2 aromatic rings. The van der Waals surface area contributed by atoms with Gasteiger partial charge in [0, 0.05) is 10.4 Å². The van der Waals surface area contributed by atoms with E-state index in [2.05, 4.69) is 18.0 Å². The molecule has 0 bridgehead atoms. The lowest BCUT2D eigenvalue weighted by Gasteiger charge is -2.06. The Balaban J connectivity index is 0.00000128. The lowest BCUT2D eigenvalue weighted by Crippen LogP contribution is -1.98. The Labute approximate surface area is 106 Å². The first-order valence-corrected chi connectivity index (χ1v) is 5.43. The van der Waals surface area contributed by atoms with E-state index in [0.717, 1.165) is 29.3 Å². The summed E-state index contributed by atoms with van der Waals surface area (Å²) >= 11 is 5.89. The predicted octanol–water partition coefficient (Wildman–Crippen LogP) is 3.84. The number of rotatable bonds is 2. The SMILES string of the molecule is CCCc1cc2ccc(Cl)cc2nc1N.Cl. The van der Waals surface area contributed by atoms with Crippen LogP contribution in [0.5, 0.6) is 0 Å². The van der Waals surface area contributed by atoms with E-state index in [1.807, 2.05) is 18.2 Å². The van der Waals surface area contributed by atoms with E-state index in [1.165, 1.54) is 0 Å². The second kappa shape index (κ2) is 5.37. The minimum Gasteiger partial charge on any atom is -0.383 e. The molecule has 2 nitrogen and oxygen atoms in total. The van der Waals surface area contributed by atoms with Crippen LogP contribution in [0.3, 0.4) is 0 Å². The molecule has 0 aliphatic carbocycles. The number of halogens is 2. The largest absolute Gasteiger partial charge is 0.383 e. The van der Waals surface area contributed by atoms with Crippen LogP contribution >= 0.6 is 24.0 Å². The Morgan fingerprint density at radius 3 is 2.75 bits per heavy atom. The zero-order valence-electron chi connectivity index (χ0n) is 9.03. The molecule has 0 atom stereocenters. The molecule has 0 saturated heterocycles. The van der Waals surface area contributed by atoms with Gasteiger partial charge in [0.15, 0.2) is 0 Å². The number of fused-ring (bicyclic) bond motifs is 1. The molecule has 0 saturated carbocycles. The molecular weight excluding hydrogens is 243 g/mol. The molecule has 0 spiro atoms. The van der Waals surface area contributed by atoms with Gasteiger partial charge in [0.25, 0.3) is 0 Å². The summed E-state index contributed by atoms with van der Waals surface area (Å²) in [6.45, 7) is 2.13. The number of benzene rings is 1. The van der Waals surface area contributed by atoms with Gasteiger partial charge < -0.3 is 5.73 Å². The quantitative estimate of drug-likeness (QED) is 0.887. The van der Waals surface area contributed by atoms with Crippen molar-refractivity contribution in [3.8, 4) is 0 Å². The number of anilines is 1. The Kier molecular flexibility index (Phi) is 4.39. The van der Waals surface area contributed by atoms with Crippen LogP contribution in [-0.4, -0.2) is 4.98 Å². The fraction of sp³-hybridized carbons (Fsp3) is 0.250. The highest BCUT2D eigenvalue weighted by Crippen LogP contribution is 2.22. The highest BCUT2D eigenvalue weighted by Gasteiger charge is 2.03. The van der Waals surface area contributed by atoms with Crippen LogP contribution in [0.2, 0.25) is 5.02 Å². The van der Waals surface area contributed by atoms with E-state index in [-0.39, 0.29) is 12.4 Å². The fourth-order valence-corrected chi connectivity index (χ4v) is 1.83. The highest BCUT2D eigenvalue weighted by molar-refractivity contribution is 6.31. The van der Waals surface area contributed by atoms with Crippen LogP contribution in [-0.2, 0) is 6.42 Å². The Hall–Kier alpha value is -0.990. The van der Waals surface area contributed by atoms with Crippen LogP contribution in [0.15, 0.2) is 24.3 Å². The number of aryl methyl sites for hydroxylation is 1. The molecule has 1 aromatic carbocycles. The topological polar surface area (TPSA) is 38.9 Å². The predicted molar refractivity (Wildman–Crippen MR) is 72.4 cm³/mol. The summed E-state index contributed by atoms with van der Waals surface area (Å²) in [6.07, 6.45) is 2.04. The number of hydrogen-bond acceptors (Lipinski definition) is 2. The number of nitrogens with zero attached hydrogens (tertiary/aromatic N) is 1. The second-order valence-electron chi connectivity index (χ2n) is 3.62. The minimum atomic E-state index is 0. The summed E-state index contributed by atoms with van der Waals surface area (Å²) < 4.78 is 0. The van der Waals surface area contributed by atoms with Gasteiger partial charge in [-0.05, 0) is 30.2 Å². The van der Waals surface area contributed by atoms with E-state index in [1.54, 1.807) is 0 Å². The van der Waals surface area contributed by atoms with Gasteiger partial charge in [-0.1, -0.05) is 31.0 Å². The van der Waals surface area contributed by atoms with Crippen LogP contribution < -0.4 is 5.73 Å². The van der Waals surface area contributed by atoms with Crippen molar-refractivity contribution in [2.45, 2.75) is 19.8 Å². The van der Waals surface area contributed by atoms with Gasteiger partial charge in [0.05, 0.1) is 5.52 Å². The molecule has 4 heteroatoms. The highest BCUT2D eigenvalue weighted by atomic mass is 35.5. The van der Waals surface area contributed by atoms with Gasteiger partial charge in [-0.2, -0.15) is 0 Å². The van der Waals surface area contributed by atoms with Crippen LogP contribution in [0.1, 0.15) is 18.9 Å². The first-order chi connectivity index (χ1) is 7.20. The first kappa shape index (κ1) is 13.1. The van der Waals surface area contributed by atoms with Gasteiger partial charge in [0.2, 0.25) is 0 Å². The zero-order valence-corrected chi connectivity index (χ0v) is 10.6. The molecule has 2 rings (SSSR count). The molecule has 0 aliphatic rings. The standard InChI is InChI=1S/C12H13ClN2.ClH/c1-2-3-9-6-8-4-5-10(13)7-11(8)15-12(9)14;/h4-7H,2-3H2,1H3,(H2,14,15);1H. The van der Waals surface area contributed by atoms with Crippen molar-refractivity contribution in [2.75, 3.05) is 5.73 Å². The average Bonchev–Trinajstić information content (AvgIpc) is 2.20. The number of pyridine rings is 1. The molecule has 0 fully saturated rings. The third-order valence-electron chi connectivity index (χ3n) is 2.41. The van der Waals surface area contributed by atoms with Crippen LogP contribution in [0.25, 0.3) is 10.9 Å². The molecule has 0 amide bonds. The Morgan fingerprint density at radius 1 is 1.31 bits per heavy atom. The monoisotopic (exact) mass is 256 g/mol. The summed E-state index contributed by atoms with van der Waals surface area (Å²) in [5.41, 5.74) is 7.85. The Bertz CT molecular complexity index is 498. The average molecular weight is 257 g/mol. The van der Waals surface area contributed by atoms with Gasteiger partial charge >= 0.3 is 0 Å². The molecule has 1 aromatic heterocycles. The van der Waals surface area contributed by atoms with E-state index >= 15 is 0 Å². The maximum atomic E-state index is 5.89. The Morgan fingerprint density at radius 2 is 2.06 bits per heavy atom. The molecule has 2 N–H and O–H groups in total. The molecule has 1 heterocycles. The van der Waals surface area contributed by atoms with Crippen molar-refractivity contribution in [2.24, 2.45) is 0 Å². The molecule has 0 unspecified atom stereocenters. The van der Waals surface area contributed by atoms with Gasteiger partial charge in [0.1, 0.15) is 5.82 Å². The molecule has 0 radical (unpaired) electrons. The minimum absolute atomic E-state index is 0. The summed E-state index contributed by atoms with van der Waals surface area (Å²) in [7, 11) is 0. The zero-order chi connectivity index (χ0) is 10.8. The number of hydrogen-bond donors (Lipinski definition) is 1. The lowest BCUT2D eigenvalue weighted by molar-refractivity contribution is 0.921. The summed E-state index contributed by atoms with van der Waals surface area (Å²) in [4.78, 5) is 4.35. The number of nitrogens with two attached hydrogens (primary N) is 1. The van der Waals surface area contributed by atoms with E-state index in [4.69, 9.17) is 17.3 Å². The normalized spacial score (nSPS) is 10.1. The van der Waals surface area contributed by atoms with Crippen molar-refractivity contribution < 1.29 is 0 Å². The number of nitrogen functional groups attached to an aromatic ring is 1.